The van der Waals surface area contributed by atoms with Gasteiger partial charge in [0, 0.05) is 6.54 Å². The lowest BCUT2D eigenvalue weighted by molar-refractivity contribution is 0.271. The zero-order valence-electron chi connectivity index (χ0n) is 14.1. The maximum absolute atomic E-state index is 11.0. The second kappa shape index (κ2) is 12.7. The molecule has 0 heterocycles. The van der Waals surface area contributed by atoms with E-state index in [9.17, 15) is 18.3 Å². The first-order valence-electron chi connectivity index (χ1n) is 7.59. The second-order valence-corrected chi connectivity index (χ2v) is 11.0. The van der Waals surface area contributed by atoms with E-state index in [1.165, 1.54) is 4.90 Å². The van der Waals surface area contributed by atoms with E-state index in [4.69, 9.17) is 29.4 Å². The number of hydrogen-bond donors (Lipinski definition) is 6. The lowest BCUT2D eigenvalue weighted by Gasteiger charge is -2.22. The van der Waals surface area contributed by atoms with E-state index in [0.717, 1.165) is 4.90 Å². The predicted molar refractivity (Wildman–Crippen MR) is 95.1 cm³/mol. The maximum Gasteiger partial charge on any atom is 0.521 e. The van der Waals surface area contributed by atoms with Crippen LogP contribution in [0.2, 0.25) is 0 Å². The molecule has 0 aromatic heterocycles. The molecule has 2 atom stereocenters. The van der Waals surface area contributed by atoms with E-state index in [2.05, 4.69) is 0 Å². The Hall–Kier alpha value is 0.340. The topological polar surface area (TPSA) is 196 Å². The first kappa shape index (κ1) is 26.3. The highest BCUT2D eigenvalue weighted by Gasteiger charge is 2.26. The monoisotopic (exact) mass is 458 g/mol. The molecule has 154 valence electrons. The van der Waals surface area contributed by atoms with E-state index < -0.39 is 43.8 Å². The van der Waals surface area contributed by atoms with Gasteiger partial charge in [-0.1, -0.05) is 12.8 Å². The van der Waals surface area contributed by atoms with Gasteiger partial charge in [0.1, 0.15) is 12.6 Å². The summed E-state index contributed by atoms with van der Waals surface area (Å²) < 4.78 is 43.7. The smallest absolute Gasteiger partial charge is 0.324 e. The van der Waals surface area contributed by atoms with Crippen LogP contribution in [-0.4, -0.2) is 77.4 Å². The lowest BCUT2D eigenvalue weighted by atomic mass is 10.2. The molecule has 0 aromatic carbocycles. The quantitative estimate of drug-likeness (QED) is 0.149. The Bertz CT molecular complexity index is 510. The van der Waals surface area contributed by atoms with Gasteiger partial charge in [0.2, 0.25) is 12.6 Å². The molecule has 0 spiro atoms. The van der Waals surface area contributed by atoms with Crippen molar-refractivity contribution in [2.45, 2.75) is 25.7 Å². The molecule has 0 aromatic rings. The summed E-state index contributed by atoms with van der Waals surface area (Å²) in [7, 11) is -13.8. The van der Waals surface area contributed by atoms with Crippen LogP contribution < -0.4 is 0 Å². The highest BCUT2D eigenvalue weighted by Crippen LogP contribution is 2.40. The zero-order chi connectivity index (χ0) is 20.4. The summed E-state index contributed by atoms with van der Waals surface area (Å²) in [5.41, 5.74) is 0. The van der Waals surface area contributed by atoms with Gasteiger partial charge >= 0.3 is 31.2 Å². The van der Waals surface area contributed by atoms with Crippen molar-refractivity contribution in [1.29, 1.82) is 0 Å². The Morgan fingerprint density at radius 1 is 0.654 bits per heavy atom. The van der Waals surface area contributed by atoms with Crippen molar-refractivity contribution in [3.05, 3.63) is 0 Å². The first-order chi connectivity index (χ1) is 11.8. The highest BCUT2D eigenvalue weighted by molar-refractivity contribution is 7.52. The number of nitrogens with zero attached hydrogens (tertiary/aromatic N) is 2. The Morgan fingerprint density at radius 2 is 1.00 bits per heavy atom. The molecule has 0 aliphatic rings. The summed E-state index contributed by atoms with van der Waals surface area (Å²) in [6.45, 7) is 0.447. The predicted octanol–water partition coefficient (Wildman–Crippen LogP) is 0.806. The molecule has 0 aliphatic carbocycles. The third kappa shape index (κ3) is 17.7. The highest BCUT2D eigenvalue weighted by atomic mass is 31.2. The van der Waals surface area contributed by atoms with Gasteiger partial charge < -0.3 is 19.6 Å². The molecule has 0 saturated carbocycles. The summed E-state index contributed by atoms with van der Waals surface area (Å²) in [4.78, 5) is 56.0. The molecule has 0 fully saturated rings. The minimum atomic E-state index is -4.44. The number of unbranched alkanes of at least 4 members (excludes halogenated alkanes) is 3. The van der Waals surface area contributed by atoms with E-state index in [1.807, 2.05) is 0 Å². The van der Waals surface area contributed by atoms with Crippen LogP contribution in [0.5, 0.6) is 0 Å². The van der Waals surface area contributed by atoms with Gasteiger partial charge in [-0.05, 0) is 28.5 Å². The van der Waals surface area contributed by atoms with Crippen molar-refractivity contribution in [3.8, 4) is 0 Å². The largest absolute Gasteiger partial charge is 0.521 e. The number of rotatable bonds is 15. The van der Waals surface area contributed by atoms with Crippen LogP contribution in [0.15, 0.2) is 0 Å². The Morgan fingerprint density at radius 3 is 1.31 bits per heavy atom. The lowest BCUT2D eigenvalue weighted by Crippen LogP contribution is -2.27. The van der Waals surface area contributed by atoms with Gasteiger partial charge in [-0.3, -0.25) is 14.0 Å². The van der Waals surface area contributed by atoms with Crippen molar-refractivity contribution >= 4 is 31.2 Å². The minimum absolute atomic E-state index is 0.102. The molecule has 6 N–H and O–H groups in total. The van der Waals surface area contributed by atoms with Crippen molar-refractivity contribution in [2.24, 2.45) is 0 Å². The van der Waals surface area contributed by atoms with Crippen LogP contribution in [0.3, 0.4) is 0 Å². The van der Waals surface area contributed by atoms with E-state index >= 15 is 0 Å². The van der Waals surface area contributed by atoms with E-state index in [1.54, 1.807) is 0 Å². The van der Waals surface area contributed by atoms with Gasteiger partial charge in [-0.25, -0.2) is 4.90 Å². The third-order valence-corrected chi connectivity index (χ3v) is 5.93. The number of hydrogen-bond acceptors (Lipinski definition) is 6. The summed E-state index contributed by atoms with van der Waals surface area (Å²) in [6.07, 6.45) is 0.387. The van der Waals surface area contributed by atoms with Crippen LogP contribution in [0.1, 0.15) is 25.7 Å². The fraction of sp³-hybridized carbons (Fsp3) is 1.00. The molecule has 0 rings (SSSR count). The first-order valence-corrected chi connectivity index (χ1v) is 14.0. The molecule has 0 aliphatic heterocycles. The van der Waals surface area contributed by atoms with E-state index in [0.29, 0.717) is 32.2 Å². The molecule has 0 amide bonds. The van der Waals surface area contributed by atoms with Crippen molar-refractivity contribution in [2.75, 3.05) is 38.2 Å². The third-order valence-electron chi connectivity index (χ3n) is 3.11. The Balaban J connectivity index is 4.22. The minimum Gasteiger partial charge on any atom is -0.324 e. The van der Waals surface area contributed by atoms with Crippen LogP contribution in [0.4, 0.5) is 0 Å². The molecule has 0 bridgehead atoms. The fourth-order valence-electron chi connectivity index (χ4n) is 2.26. The molecule has 16 heteroatoms. The maximum atomic E-state index is 11.0. The second-order valence-electron chi connectivity index (χ2n) is 5.80. The zero-order valence-corrected chi connectivity index (χ0v) is 17.6. The molecule has 0 radical (unpaired) electrons. The standard InChI is InChI=1S/C10H24N2O10P4/c13-23(14)7-11(8-24(15)16)5-3-1-2-4-6-12(9-25(17,18)19)10-26(20,21)22/h1-10H2,(H4-2,13,14,15,16,17,18,19,20,21,22)/p+2. The van der Waals surface area contributed by atoms with Crippen molar-refractivity contribution in [1.82, 2.24) is 9.80 Å². The molecule has 12 nitrogen and oxygen atoms in total. The van der Waals surface area contributed by atoms with Gasteiger partial charge in [0.05, 0.1) is 0 Å². The Labute approximate surface area is 153 Å². The summed E-state index contributed by atoms with van der Waals surface area (Å²) in [5, 5.41) is 0. The summed E-state index contributed by atoms with van der Waals surface area (Å²) in [5.74, 6) is 0. The van der Waals surface area contributed by atoms with Crippen LogP contribution in [0, 0.1) is 0 Å². The van der Waals surface area contributed by atoms with Gasteiger partial charge in [0.15, 0.2) is 0 Å². The van der Waals surface area contributed by atoms with Crippen LogP contribution in [0.25, 0.3) is 0 Å². The molecule has 0 saturated heterocycles. The normalized spacial score (nSPS) is 14.2. The average molecular weight is 458 g/mol. The van der Waals surface area contributed by atoms with Crippen LogP contribution in [-0.2, 0) is 18.3 Å². The Kier molecular flexibility index (Phi) is 12.9. The fourth-order valence-corrected chi connectivity index (χ4v) is 5.27. The summed E-state index contributed by atoms with van der Waals surface area (Å²) >= 11 is 0. The molecular weight excluding hydrogens is 432 g/mol. The van der Waals surface area contributed by atoms with Gasteiger partial charge in [-0.15, -0.1) is 0 Å². The average Bonchev–Trinajstić information content (AvgIpc) is 2.37. The van der Waals surface area contributed by atoms with Crippen LogP contribution >= 0.6 is 31.2 Å². The SMILES string of the molecule is O=[P+](O)CN(CCCCCCN(CP(=O)(O)O)CP(=O)(O)O)C[P+](=O)O. The van der Waals surface area contributed by atoms with Gasteiger partial charge in [-0.2, -0.15) is 9.79 Å². The molecular formula is C10H26N2O10P4+2. The van der Waals surface area contributed by atoms with Gasteiger partial charge in [0.25, 0.3) is 0 Å². The molecule has 26 heavy (non-hydrogen) atoms. The van der Waals surface area contributed by atoms with Crippen molar-refractivity contribution < 1.29 is 47.6 Å². The van der Waals surface area contributed by atoms with E-state index in [-0.39, 0.29) is 19.1 Å². The molecule has 2 unspecified atom stereocenters. The summed E-state index contributed by atoms with van der Waals surface area (Å²) in [6, 6.07) is 0. The van der Waals surface area contributed by atoms with Crippen molar-refractivity contribution in [3.63, 3.8) is 0 Å².